The summed E-state index contributed by atoms with van der Waals surface area (Å²) in [5.41, 5.74) is 2.42. The van der Waals surface area contributed by atoms with Crippen LogP contribution in [0.15, 0.2) is 47.1 Å². The minimum Gasteiger partial charge on any atom is -0.468 e. The quantitative estimate of drug-likeness (QED) is 0.728. The number of furan rings is 1. The standard InChI is InChI=1S/C22H30N4O/c1-25(13-6-12-23)20-10-8-19(9-11-20)17-24-18-21(22-7-5-16-27-22)26-14-3-2-4-15-26/h5,7-11,16,21,24H,2-4,6,13-15,17-18H2,1H3. The van der Waals surface area contributed by atoms with Crippen LogP contribution in [-0.4, -0.2) is 38.1 Å². The predicted molar refractivity (Wildman–Crippen MR) is 109 cm³/mol. The molecule has 144 valence electrons. The van der Waals surface area contributed by atoms with Gasteiger partial charge in [0.1, 0.15) is 5.76 Å². The van der Waals surface area contributed by atoms with E-state index in [0.717, 1.165) is 44.2 Å². The summed E-state index contributed by atoms with van der Waals surface area (Å²) in [6.45, 7) is 4.78. The number of nitrogens with zero attached hydrogens (tertiary/aromatic N) is 3. The highest BCUT2D eigenvalue weighted by Crippen LogP contribution is 2.24. The SMILES string of the molecule is CN(CCC#N)c1ccc(CNCC(c2ccco2)N2CCCCC2)cc1. The molecule has 1 unspecified atom stereocenters. The number of likely N-dealkylation sites (tertiary alicyclic amines) is 1. The molecule has 1 aromatic heterocycles. The minimum absolute atomic E-state index is 0.302. The van der Waals surface area contributed by atoms with Crippen molar-refractivity contribution < 1.29 is 4.42 Å². The zero-order chi connectivity index (χ0) is 18.9. The molecule has 1 aliphatic heterocycles. The summed E-state index contributed by atoms with van der Waals surface area (Å²) in [6.07, 6.45) is 6.21. The van der Waals surface area contributed by atoms with Crippen LogP contribution in [0, 0.1) is 11.3 Å². The van der Waals surface area contributed by atoms with E-state index in [0.29, 0.717) is 12.5 Å². The topological polar surface area (TPSA) is 55.4 Å². The van der Waals surface area contributed by atoms with E-state index in [9.17, 15) is 0 Å². The normalized spacial score (nSPS) is 16.0. The van der Waals surface area contributed by atoms with Crippen LogP contribution in [0.25, 0.3) is 0 Å². The zero-order valence-corrected chi connectivity index (χ0v) is 16.2. The lowest BCUT2D eigenvalue weighted by Gasteiger charge is -2.33. The monoisotopic (exact) mass is 366 g/mol. The Labute approximate surface area is 162 Å². The van der Waals surface area contributed by atoms with E-state index in [-0.39, 0.29) is 0 Å². The van der Waals surface area contributed by atoms with Gasteiger partial charge in [-0.2, -0.15) is 5.26 Å². The van der Waals surface area contributed by atoms with Crippen molar-refractivity contribution in [2.45, 2.75) is 38.3 Å². The van der Waals surface area contributed by atoms with Crippen molar-refractivity contribution in [2.24, 2.45) is 0 Å². The number of nitrogens with one attached hydrogen (secondary N) is 1. The highest BCUT2D eigenvalue weighted by molar-refractivity contribution is 5.46. The summed E-state index contributed by atoms with van der Waals surface area (Å²) in [6, 6.07) is 15.1. The summed E-state index contributed by atoms with van der Waals surface area (Å²) < 4.78 is 5.72. The molecular formula is C22H30N4O. The Morgan fingerprint density at radius 1 is 1.19 bits per heavy atom. The average Bonchev–Trinajstić information content (AvgIpc) is 3.25. The second-order valence-corrected chi connectivity index (χ2v) is 7.25. The Hall–Kier alpha value is -2.29. The van der Waals surface area contributed by atoms with Gasteiger partial charge in [-0.15, -0.1) is 0 Å². The summed E-state index contributed by atoms with van der Waals surface area (Å²) in [5, 5.41) is 12.3. The molecule has 1 N–H and O–H groups in total. The van der Waals surface area contributed by atoms with E-state index in [2.05, 4.69) is 51.5 Å². The van der Waals surface area contributed by atoms with E-state index in [4.69, 9.17) is 9.68 Å². The van der Waals surface area contributed by atoms with Crippen LogP contribution in [0.4, 0.5) is 5.69 Å². The third-order valence-electron chi connectivity index (χ3n) is 5.31. The molecule has 1 aromatic carbocycles. The predicted octanol–water partition coefficient (Wildman–Crippen LogP) is 3.95. The Kier molecular flexibility index (Phi) is 7.32. The number of hydrogen-bond donors (Lipinski definition) is 1. The smallest absolute Gasteiger partial charge is 0.122 e. The number of hydrogen-bond acceptors (Lipinski definition) is 5. The van der Waals surface area contributed by atoms with E-state index in [1.807, 2.05) is 13.1 Å². The van der Waals surface area contributed by atoms with Crippen LogP contribution in [0.2, 0.25) is 0 Å². The van der Waals surface area contributed by atoms with Gasteiger partial charge in [0.2, 0.25) is 0 Å². The van der Waals surface area contributed by atoms with Crippen molar-refractivity contribution in [1.82, 2.24) is 10.2 Å². The largest absolute Gasteiger partial charge is 0.468 e. The molecular weight excluding hydrogens is 336 g/mol. The van der Waals surface area contributed by atoms with Gasteiger partial charge in [0, 0.05) is 32.4 Å². The molecule has 5 nitrogen and oxygen atoms in total. The van der Waals surface area contributed by atoms with Crippen LogP contribution < -0.4 is 10.2 Å². The molecule has 2 heterocycles. The first kappa shape index (κ1) is 19.5. The Morgan fingerprint density at radius 3 is 2.63 bits per heavy atom. The molecule has 1 saturated heterocycles. The molecule has 27 heavy (non-hydrogen) atoms. The number of rotatable bonds is 9. The fourth-order valence-corrected chi connectivity index (χ4v) is 3.69. The molecule has 0 saturated carbocycles. The summed E-state index contributed by atoms with van der Waals surface area (Å²) >= 11 is 0. The van der Waals surface area contributed by atoms with Gasteiger partial charge in [0.25, 0.3) is 0 Å². The van der Waals surface area contributed by atoms with E-state index in [1.165, 1.54) is 24.8 Å². The van der Waals surface area contributed by atoms with Crippen molar-refractivity contribution in [3.63, 3.8) is 0 Å². The molecule has 5 heteroatoms. The van der Waals surface area contributed by atoms with Gasteiger partial charge in [-0.3, -0.25) is 4.90 Å². The average molecular weight is 367 g/mol. The fourth-order valence-electron chi connectivity index (χ4n) is 3.69. The van der Waals surface area contributed by atoms with Crippen LogP contribution in [0.1, 0.15) is 43.0 Å². The number of benzene rings is 1. The van der Waals surface area contributed by atoms with Crippen molar-refractivity contribution in [2.75, 3.05) is 38.1 Å². The molecule has 2 aromatic rings. The van der Waals surface area contributed by atoms with Gasteiger partial charge in [-0.1, -0.05) is 18.6 Å². The lowest BCUT2D eigenvalue weighted by molar-refractivity contribution is 0.142. The number of anilines is 1. The van der Waals surface area contributed by atoms with Gasteiger partial charge in [-0.25, -0.2) is 0 Å². The molecule has 3 rings (SSSR count). The van der Waals surface area contributed by atoms with Gasteiger partial charge in [0.15, 0.2) is 0 Å². The third-order valence-corrected chi connectivity index (χ3v) is 5.31. The first-order chi connectivity index (χ1) is 13.3. The van der Waals surface area contributed by atoms with Gasteiger partial charge in [-0.05, 0) is 55.8 Å². The van der Waals surface area contributed by atoms with Crippen molar-refractivity contribution in [3.8, 4) is 6.07 Å². The first-order valence-corrected chi connectivity index (χ1v) is 9.93. The lowest BCUT2D eigenvalue weighted by Crippen LogP contribution is -2.38. The third kappa shape index (κ3) is 5.59. The zero-order valence-electron chi connectivity index (χ0n) is 16.2. The molecule has 1 atom stereocenters. The summed E-state index contributed by atoms with van der Waals surface area (Å²) in [7, 11) is 2.02. The van der Waals surface area contributed by atoms with Gasteiger partial charge < -0.3 is 14.6 Å². The highest BCUT2D eigenvalue weighted by Gasteiger charge is 2.23. The summed E-state index contributed by atoms with van der Waals surface area (Å²) in [4.78, 5) is 4.66. The molecule has 0 aliphatic carbocycles. The van der Waals surface area contributed by atoms with Crippen molar-refractivity contribution >= 4 is 5.69 Å². The maximum Gasteiger partial charge on any atom is 0.122 e. The first-order valence-electron chi connectivity index (χ1n) is 9.93. The van der Waals surface area contributed by atoms with Crippen LogP contribution >= 0.6 is 0 Å². The maximum atomic E-state index is 8.72. The van der Waals surface area contributed by atoms with Gasteiger partial charge >= 0.3 is 0 Å². The van der Waals surface area contributed by atoms with E-state index < -0.39 is 0 Å². The second-order valence-electron chi connectivity index (χ2n) is 7.25. The van der Waals surface area contributed by atoms with Crippen LogP contribution in [-0.2, 0) is 6.54 Å². The lowest BCUT2D eigenvalue weighted by atomic mass is 10.1. The fraction of sp³-hybridized carbons (Fsp3) is 0.500. The molecule has 0 amide bonds. The number of piperidine rings is 1. The highest BCUT2D eigenvalue weighted by atomic mass is 16.3. The molecule has 1 aliphatic rings. The molecule has 0 bridgehead atoms. The second kappa shape index (κ2) is 10.1. The molecule has 0 spiro atoms. The molecule has 1 fully saturated rings. The van der Waals surface area contributed by atoms with E-state index in [1.54, 1.807) is 6.26 Å². The Balaban J connectivity index is 1.53. The van der Waals surface area contributed by atoms with E-state index >= 15 is 0 Å². The van der Waals surface area contributed by atoms with Crippen LogP contribution in [0.5, 0.6) is 0 Å². The Morgan fingerprint density at radius 2 is 1.96 bits per heavy atom. The van der Waals surface area contributed by atoms with Gasteiger partial charge in [0.05, 0.1) is 24.8 Å². The summed E-state index contributed by atoms with van der Waals surface area (Å²) in [5.74, 6) is 1.05. The maximum absolute atomic E-state index is 8.72. The van der Waals surface area contributed by atoms with Crippen LogP contribution in [0.3, 0.4) is 0 Å². The minimum atomic E-state index is 0.302. The van der Waals surface area contributed by atoms with Crippen molar-refractivity contribution in [1.29, 1.82) is 5.26 Å². The van der Waals surface area contributed by atoms with Crippen molar-refractivity contribution in [3.05, 3.63) is 54.0 Å². The Bertz CT molecular complexity index is 699. The number of nitriles is 1. The molecule has 0 radical (unpaired) electrons.